The summed E-state index contributed by atoms with van der Waals surface area (Å²) in [5, 5.41) is 14.2. The van der Waals surface area contributed by atoms with E-state index in [4.69, 9.17) is 29.3 Å². The zero-order chi connectivity index (χ0) is 29.1. The first-order chi connectivity index (χ1) is 17.5. The number of alkyl halides is 6. The molecule has 1 saturated heterocycles. The average molecular weight is 561 g/mol. The van der Waals surface area contributed by atoms with E-state index < -0.39 is 24.3 Å². The maximum atomic E-state index is 11.6. The minimum Gasteiger partial charge on any atom is -0.475 e. The molecule has 38 heavy (non-hydrogen) atoms. The fourth-order valence-electron chi connectivity index (χ4n) is 3.60. The van der Waals surface area contributed by atoms with Gasteiger partial charge in [-0.1, -0.05) is 6.07 Å². The number of hydrogen-bond acceptors (Lipinski definition) is 7. The smallest absolute Gasteiger partial charge is 0.475 e. The Hall–Kier alpha value is -2.98. The predicted molar refractivity (Wildman–Crippen MR) is 118 cm³/mol. The van der Waals surface area contributed by atoms with Crippen LogP contribution in [0.1, 0.15) is 18.5 Å². The number of ether oxygens (including phenoxy) is 2. The number of carboxylic acids is 2. The molecule has 2 aliphatic rings. The number of likely N-dealkylation sites (N-methyl/N-ethyl adjacent to an activating group) is 1. The Balaban J connectivity index is 0.000000426. The van der Waals surface area contributed by atoms with Gasteiger partial charge in [0, 0.05) is 39.4 Å². The molecule has 1 aromatic heterocycles. The Morgan fingerprint density at radius 2 is 1.66 bits per heavy atom. The molecule has 1 saturated carbocycles. The molecule has 10 nitrogen and oxygen atoms in total. The molecule has 1 amide bonds. The monoisotopic (exact) mass is 561 g/mol. The Kier molecular flexibility index (Phi) is 12.9. The molecule has 3 rings (SSSR count). The highest BCUT2D eigenvalue weighted by Crippen LogP contribution is 2.35. The molecule has 3 atom stereocenters. The van der Waals surface area contributed by atoms with E-state index in [0.717, 1.165) is 38.2 Å². The number of aliphatic carboxylic acids is 2. The number of halogens is 6. The number of fused-ring (bicyclic) bond motifs is 1. The largest absolute Gasteiger partial charge is 0.490 e. The van der Waals surface area contributed by atoms with Gasteiger partial charge < -0.3 is 24.6 Å². The van der Waals surface area contributed by atoms with Crippen LogP contribution in [0.25, 0.3) is 0 Å². The Morgan fingerprint density at radius 3 is 2.13 bits per heavy atom. The standard InChI is InChI=1S/C18H27N3O3.2C2HF3O2/c1-20(2)18(22)13-23-12-14-9-16-17(10-14)24-8-7-21(16)11-15-5-3-4-6-19-15;2*3-2(4,5)1(6)7/h3-6,14,16-17H,7-13H2,1-2H3;2*(H,6,7). The van der Waals surface area contributed by atoms with Crippen LogP contribution in [0, 0.1) is 5.92 Å². The van der Waals surface area contributed by atoms with E-state index in [1.165, 1.54) is 0 Å². The van der Waals surface area contributed by atoms with Crippen molar-refractivity contribution >= 4 is 17.8 Å². The molecule has 1 aliphatic carbocycles. The number of hydrogen-bond donors (Lipinski definition) is 2. The van der Waals surface area contributed by atoms with Crippen LogP contribution in [0.5, 0.6) is 0 Å². The summed E-state index contributed by atoms with van der Waals surface area (Å²) in [6.07, 6.45) is -5.96. The lowest BCUT2D eigenvalue weighted by molar-refractivity contribution is -0.193. The Bertz CT molecular complexity index is 876. The summed E-state index contributed by atoms with van der Waals surface area (Å²) < 4.78 is 75.1. The molecular formula is C22H29F6N3O7. The summed E-state index contributed by atoms with van der Waals surface area (Å²) in [5.74, 6) is -5.04. The SMILES string of the molecule is CN(C)C(=O)COCC1CC2OCCN(Cc3ccccn3)C2C1.O=C(O)C(F)(F)F.O=C(O)C(F)(F)F. The van der Waals surface area contributed by atoms with Crippen LogP contribution in [0.2, 0.25) is 0 Å². The third kappa shape index (κ3) is 12.0. The van der Waals surface area contributed by atoms with Gasteiger partial charge in [-0.2, -0.15) is 26.3 Å². The van der Waals surface area contributed by atoms with Crippen LogP contribution in [0.3, 0.4) is 0 Å². The second-order valence-electron chi connectivity index (χ2n) is 8.51. The van der Waals surface area contributed by atoms with Gasteiger partial charge in [-0.3, -0.25) is 14.7 Å². The highest BCUT2D eigenvalue weighted by molar-refractivity contribution is 5.76. The molecule has 0 aromatic carbocycles. The van der Waals surface area contributed by atoms with Crippen molar-refractivity contribution in [3.63, 3.8) is 0 Å². The highest BCUT2D eigenvalue weighted by Gasteiger charge is 2.41. The van der Waals surface area contributed by atoms with Crippen LogP contribution >= 0.6 is 0 Å². The van der Waals surface area contributed by atoms with Crippen molar-refractivity contribution in [1.82, 2.24) is 14.8 Å². The maximum Gasteiger partial charge on any atom is 0.490 e. The van der Waals surface area contributed by atoms with Gasteiger partial charge in [0.2, 0.25) is 5.91 Å². The van der Waals surface area contributed by atoms with Crippen molar-refractivity contribution < 1.29 is 60.4 Å². The zero-order valence-corrected chi connectivity index (χ0v) is 20.5. The first-order valence-corrected chi connectivity index (χ1v) is 11.2. The molecule has 0 bridgehead atoms. The minimum absolute atomic E-state index is 0.0124. The van der Waals surface area contributed by atoms with Crippen molar-refractivity contribution in [2.45, 2.75) is 43.9 Å². The van der Waals surface area contributed by atoms with E-state index in [1.54, 1.807) is 19.0 Å². The van der Waals surface area contributed by atoms with Gasteiger partial charge in [-0.25, -0.2) is 9.59 Å². The summed E-state index contributed by atoms with van der Waals surface area (Å²) >= 11 is 0. The van der Waals surface area contributed by atoms with Crippen LogP contribution in [-0.4, -0.2) is 108 Å². The third-order valence-electron chi connectivity index (χ3n) is 5.40. The number of pyridine rings is 1. The van der Waals surface area contributed by atoms with Crippen molar-refractivity contribution in [3.05, 3.63) is 30.1 Å². The fraction of sp³-hybridized carbons (Fsp3) is 0.636. The van der Waals surface area contributed by atoms with Crippen molar-refractivity contribution in [3.8, 4) is 0 Å². The van der Waals surface area contributed by atoms with Gasteiger partial charge in [-0.15, -0.1) is 0 Å². The van der Waals surface area contributed by atoms with Crippen molar-refractivity contribution in [2.24, 2.45) is 5.92 Å². The highest BCUT2D eigenvalue weighted by atomic mass is 19.4. The molecule has 3 unspecified atom stereocenters. The van der Waals surface area contributed by atoms with E-state index in [0.29, 0.717) is 18.6 Å². The average Bonchev–Trinajstić information content (AvgIpc) is 3.23. The maximum absolute atomic E-state index is 11.6. The topological polar surface area (TPSA) is 130 Å². The number of carbonyl (C=O) groups excluding carboxylic acids is 1. The number of amides is 1. The quantitative estimate of drug-likeness (QED) is 0.503. The molecule has 0 spiro atoms. The first kappa shape index (κ1) is 33.0. The number of aromatic nitrogens is 1. The lowest BCUT2D eigenvalue weighted by Gasteiger charge is -2.37. The summed E-state index contributed by atoms with van der Waals surface area (Å²) in [6.45, 7) is 3.40. The van der Waals surface area contributed by atoms with Gasteiger partial charge in [0.15, 0.2) is 0 Å². The van der Waals surface area contributed by atoms with Crippen LogP contribution < -0.4 is 0 Å². The lowest BCUT2D eigenvalue weighted by Crippen LogP contribution is -2.47. The molecular weight excluding hydrogens is 532 g/mol. The molecule has 16 heteroatoms. The normalized spacial score (nSPS) is 21.2. The van der Waals surface area contributed by atoms with Crippen molar-refractivity contribution in [2.75, 3.05) is 40.5 Å². The second-order valence-corrected chi connectivity index (χ2v) is 8.51. The van der Waals surface area contributed by atoms with Crippen molar-refractivity contribution in [1.29, 1.82) is 0 Å². The number of nitrogens with zero attached hydrogens (tertiary/aromatic N) is 3. The molecule has 1 aromatic rings. The van der Waals surface area contributed by atoms with E-state index in [-0.39, 0.29) is 18.6 Å². The number of carboxylic acid groups (broad SMARTS) is 2. The number of carbonyl (C=O) groups is 3. The molecule has 2 fully saturated rings. The van der Waals surface area contributed by atoms with Gasteiger partial charge in [0.1, 0.15) is 6.61 Å². The van der Waals surface area contributed by atoms with Gasteiger partial charge in [0.05, 0.1) is 25.0 Å². The zero-order valence-electron chi connectivity index (χ0n) is 20.5. The first-order valence-electron chi connectivity index (χ1n) is 11.2. The van der Waals surface area contributed by atoms with Crippen LogP contribution in [0.4, 0.5) is 26.3 Å². The van der Waals surface area contributed by atoms with E-state index >= 15 is 0 Å². The molecule has 216 valence electrons. The van der Waals surface area contributed by atoms with Crippen LogP contribution in [0.15, 0.2) is 24.4 Å². The predicted octanol–water partition coefficient (Wildman–Crippen LogP) is 2.43. The molecule has 2 N–H and O–H groups in total. The van der Waals surface area contributed by atoms with E-state index in [1.807, 2.05) is 18.3 Å². The summed E-state index contributed by atoms with van der Waals surface area (Å²) in [7, 11) is 3.50. The Morgan fingerprint density at radius 1 is 1.08 bits per heavy atom. The summed E-state index contributed by atoms with van der Waals surface area (Å²) in [4.78, 5) is 37.9. The number of rotatable bonds is 6. The summed E-state index contributed by atoms with van der Waals surface area (Å²) in [5.41, 5.74) is 1.11. The molecule has 0 radical (unpaired) electrons. The lowest BCUT2D eigenvalue weighted by atomic mass is 10.1. The second kappa shape index (κ2) is 14.8. The van der Waals surface area contributed by atoms with E-state index in [2.05, 4.69) is 16.0 Å². The van der Waals surface area contributed by atoms with Gasteiger partial charge in [-0.05, 0) is 30.9 Å². The molecule has 2 heterocycles. The van der Waals surface area contributed by atoms with Gasteiger partial charge in [0.25, 0.3) is 0 Å². The van der Waals surface area contributed by atoms with Crippen LogP contribution in [-0.2, 0) is 30.4 Å². The summed E-state index contributed by atoms with van der Waals surface area (Å²) in [6, 6.07) is 6.49. The fourth-order valence-corrected chi connectivity index (χ4v) is 3.60. The minimum atomic E-state index is -5.08. The third-order valence-corrected chi connectivity index (χ3v) is 5.40. The molecule has 1 aliphatic heterocycles. The van der Waals surface area contributed by atoms with Gasteiger partial charge >= 0.3 is 24.3 Å². The Labute approximate surface area is 214 Å². The van der Waals surface area contributed by atoms with E-state index in [9.17, 15) is 31.1 Å². The number of morpholine rings is 1.